The Balaban J connectivity index is 4.14. The molecule has 0 rings (SSSR count). The number of carbonyl (C=O) groups excluding carboxylic acids is 1. The first-order valence-corrected chi connectivity index (χ1v) is 37.2. The average molecular weight is 1210 g/mol. The van der Waals surface area contributed by atoms with E-state index in [1.807, 2.05) is 27.2 Å². The van der Waals surface area contributed by atoms with E-state index in [0.29, 0.717) is 17.4 Å². The van der Waals surface area contributed by atoms with Crippen molar-refractivity contribution in [2.75, 3.05) is 40.9 Å². The van der Waals surface area contributed by atoms with Crippen LogP contribution in [0.1, 0.15) is 316 Å². The fourth-order valence-corrected chi connectivity index (χ4v) is 10.9. The molecule has 0 aromatic heterocycles. The zero-order chi connectivity index (χ0) is 61.9. The predicted molar refractivity (Wildman–Crippen MR) is 371 cm³/mol. The van der Waals surface area contributed by atoms with Crippen LogP contribution in [0.3, 0.4) is 0 Å². The number of hydrogen-bond donors (Lipinski definition) is 2. The molecule has 0 aromatic carbocycles. The lowest BCUT2D eigenvalue weighted by Crippen LogP contribution is -2.45. The number of aliphatic hydroxyl groups excluding tert-OH is 1. The molecule has 0 aliphatic rings. The van der Waals surface area contributed by atoms with Crippen molar-refractivity contribution in [1.82, 2.24) is 5.32 Å². The number of phosphoric ester groups is 1. The Labute approximate surface area is 527 Å². The maximum Gasteiger partial charge on any atom is 0.268 e. The molecule has 0 aromatic rings. The molecule has 0 saturated carbocycles. The molecular weight excluding hydrogens is 1070 g/mol. The molecule has 3 atom stereocenters. The Morgan fingerprint density at radius 1 is 0.424 bits per heavy atom. The van der Waals surface area contributed by atoms with Crippen molar-refractivity contribution >= 4 is 13.7 Å². The lowest BCUT2D eigenvalue weighted by molar-refractivity contribution is -0.870. The molecular formula is C76H137N2O6P. The van der Waals surface area contributed by atoms with Crippen molar-refractivity contribution in [2.24, 2.45) is 0 Å². The number of quaternary nitrogens is 1. The van der Waals surface area contributed by atoms with E-state index in [-0.39, 0.29) is 12.5 Å². The van der Waals surface area contributed by atoms with Gasteiger partial charge in [0, 0.05) is 6.42 Å². The lowest BCUT2D eigenvalue weighted by Gasteiger charge is -2.29. The molecule has 0 aliphatic carbocycles. The quantitative estimate of drug-likeness (QED) is 0.0272. The van der Waals surface area contributed by atoms with Gasteiger partial charge in [0.2, 0.25) is 5.91 Å². The molecule has 0 spiro atoms. The molecule has 0 saturated heterocycles. The highest BCUT2D eigenvalue weighted by Gasteiger charge is 2.23. The van der Waals surface area contributed by atoms with E-state index in [0.717, 1.165) is 83.5 Å². The van der Waals surface area contributed by atoms with Crippen LogP contribution < -0.4 is 10.2 Å². The maximum atomic E-state index is 13.0. The van der Waals surface area contributed by atoms with Crippen LogP contribution in [0, 0.1) is 0 Å². The van der Waals surface area contributed by atoms with Gasteiger partial charge in [-0.2, -0.15) is 0 Å². The summed E-state index contributed by atoms with van der Waals surface area (Å²) in [6.45, 7) is 4.54. The van der Waals surface area contributed by atoms with Gasteiger partial charge in [-0.25, -0.2) is 0 Å². The number of nitrogens with one attached hydrogen (secondary N) is 1. The average Bonchev–Trinajstić information content (AvgIpc) is 3.49. The molecule has 2 N–H and O–H groups in total. The maximum absolute atomic E-state index is 13.0. The summed E-state index contributed by atoms with van der Waals surface area (Å²) in [6, 6.07) is -0.914. The third-order valence-electron chi connectivity index (χ3n) is 15.7. The van der Waals surface area contributed by atoms with Crippen molar-refractivity contribution in [3.8, 4) is 0 Å². The Morgan fingerprint density at radius 3 is 1.09 bits per heavy atom. The molecule has 0 radical (unpaired) electrons. The number of rotatable bonds is 65. The molecule has 0 aliphatic heterocycles. The van der Waals surface area contributed by atoms with Gasteiger partial charge in [-0.05, 0) is 89.9 Å². The monoisotopic (exact) mass is 1210 g/mol. The van der Waals surface area contributed by atoms with E-state index in [2.05, 4.69) is 116 Å². The lowest BCUT2D eigenvalue weighted by atomic mass is 10.0. The highest BCUT2D eigenvalue weighted by Crippen LogP contribution is 2.38. The van der Waals surface area contributed by atoms with Gasteiger partial charge in [-0.1, -0.05) is 329 Å². The van der Waals surface area contributed by atoms with Crippen LogP contribution in [0.15, 0.2) is 109 Å². The van der Waals surface area contributed by atoms with Crippen LogP contribution in [0.25, 0.3) is 0 Å². The summed E-state index contributed by atoms with van der Waals surface area (Å²) in [7, 11) is 1.24. The minimum atomic E-state index is -4.62. The topological polar surface area (TPSA) is 108 Å². The van der Waals surface area contributed by atoms with E-state index in [4.69, 9.17) is 9.05 Å². The third-order valence-corrected chi connectivity index (χ3v) is 16.7. The smallest absolute Gasteiger partial charge is 0.268 e. The first kappa shape index (κ1) is 82.2. The molecule has 492 valence electrons. The zero-order valence-electron chi connectivity index (χ0n) is 56.3. The zero-order valence-corrected chi connectivity index (χ0v) is 57.2. The van der Waals surface area contributed by atoms with Crippen molar-refractivity contribution in [2.45, 2.75) is 328 Å². The Kier molecular flexibility index (Phi) is 63.4. The van der Waals surface area contributed by atoms with Crippen molar-refractivity contribution < 1.29 is 32.9 Å². The van der Waals surface area contributed by atoms with Gasteiger partial charge in [0.05, 0.1) is 39.9 Å². The number of hydrogen-bond acceptors (Lipinski definition) is 6. The second-order valence-corrected chi connectivity index (χ2v) is 26.6. The van der Waals surface area contributed by atoms with Crippen LogP contribution >= 0.6 is 7.82 Å². The third kappa shape index (κ3) is 68.5. The Hall–Kier alpha value is -2.84. The van der Waals surface area contributed by atoms with Crippen molar-refractivity contribution in [1.29, 1.82) is 0 Å². The van der Waals surface area contributed by atoms with E-state index in [1.165, 1.54) is 212 Å². The summed E-state index contributed by atoms with van der Waals surface area (Å²) >= 11 is 0. The van der Waals surface area contributed by atoms with Crippen molar-refractivity contribution in [3.63, 3.8) is 0 Å². The van der Waals surface area contributed by atoms with Gasteiger partial charge in [0.15, 0.2) is 0 Å². The number of likely N-dealkylation sites (N-methyl/N-ethyl adjacent to an activating group) is 1. The minimum absolute atomic E-state index is 0.0112. The molecule has 0 fully saturated rings. The summed E-state index contributed by atoms with van der Waals surface area (Å²) in [4.78, 5) is 25.6. The Bertz CT molecular complexity index is 1760. The second-order valence-electron chi connectivity index (χ2n) is 25.2. The number of aliphatic hydroxyl groups is 1. The van der Waals surface area contributed by atoms with Crippen LogP contribution in [-0.2, 0) is 18.4 Å². The largest absolute Gasteiger partial charge is 0.756 e. The summed E-state index contributed by atoms with van der Waals surface area (Å²) in [5.41, 5.74) is 0. The molecule has 0 heterocycles. The summed E-state index contributed by atoms with van der Waals surface area (Å²) in [5, 5.41) is 13.9. The highest BCUT2D eigenvalue weighted by molar-refractivity contribution is 7.45. The van der Waals surface area contributed by atoms with E-state index in [9.17, 15) is 19.4 Å². The predicted octanol–water partition coefficient (Wildman–Crippen LogP) is 22.4. The number of phosphoric acid groups is 1. The molecule has 85 heavy (non-hydrogen) atoms. The SMILES string of the molecule is CC/C=C\C/C=C\C/C=C\C/C=C\C/C=C\C/C=C\C/C=C\CCCCCCCCCCCCCC(=O)NC(COP(=O)([O-])OCC[N+](C)(C)C)C(O)/C=C/CC/C=C/CCCCCCCCCCCCCCCCCCCCCCCCCC. The minimum Gasteiger partial charge on any atom is -0.756 e. The summed E-state index contributed by atoms with van der Waals surface area (Å²) in [6.07, 6.45) is 96.4. The summed E-state index contributed by atoms with van der Waals surface area (Å²) in [5.74, 6) is -0.211. The number of nitrogens with zero attached hydrogens (tertiary/aromatic N) is 1. The first-order chi connectivity index (χ1) is 41.5. The molecule has 3 unspecified atom stereocenters. The standard InChI is InChI=1S/C76H137N2O6P/c1-6-8-10-12-14-16-18-20-22-24-26-28-30-32-34-36-38-39-40-42-44-46-48-50-52-54-56-58-60-62-64-66-68-70-76(80)77-74(73-84-85(81,82)83-72-71-78(3,4)5)75(79)69-67-65-63-61-59-57-55-53-51-49-47-45-43-41-37-35-33-31-29-27-25-23-21-19-17-15-13-11-9-7-2/h8,10,14,16,20,22,26,28,32,34,38-39,42,44,59,61,67,69,74-75,79H,6-7,9,11-13,15,17-19,21,23-25,27,29-31,33,35-37,40-41,43,45-58,60,62-66,68,70-73H2,1-5H3,(H-,77,80,81,82)/b10-8-,16-14-,22-20-,28-26-,34-32-,39-38-,44-42-,61-59+,69-67+. The number of amides is 1. The number of carbonyl (C=O) groups is 1. The van der Waals surface area contributed by atoms with Crippen LogP contribution in [0.4, 0.5) is 0 Å². The van der Waals surface area contributed by atoms with Gasteiger partial charge >= 0.3 is 0 Å². The van der Waals surface area contributed by atoms with Gasteiger partial charge in [0.1, 0.15) is 13.2 Å². The van der Waals surface area contributed by atoms with Gasteiger partial charge < -0.3 is 28.8 Å². The highest BCUT2D eigenvalue weighted by atomic mass is 31.2. The van der Waals surface area contributed by atoms with Crippen molar-refractivity contribution in [3.05, 3.63) is 109 Å². The Morgan fingerprint density at radius 2 is 0.729 bits per heavy atom. The van der Waals surface area contributed by atoms with Crippen LogP contribution in [0.5, 0.6) is 0 Å². The van der Waals surface area contributed by atoms with Crippen LogP contribution in [-0.4, -0.2) is 68.5 Å². The summed E-state index contributed by atoms with van der Waals surface area (Å²) < 4.78 is 23.4. The molecule has 0 bridgehead atoms. The number of allylic oxidation sites excluding steroid dienone is 17. The van der Waals surface area contributed by atoms with Gasteiger partial charge in [0.25, 0.3) is 7.82 Å². The van der Waals surface area contributed by atoms with Gasteiger partial charge in [-0.3, -0.25) is 9.36 Å². The fourth-order valence-electron chi connectivity index (χ4n) is 10.2. The van der Waals surface area contributed by atoms with E-state index >= 15 is 0 Å². The molecule has 1 amide bonds. The molecule has 8 nitrogen and oxygen atoms in total. The van der Waals surface area contributed by atoms with Gasteiger partial charge in [-0.15, -0.1) is 0 Å². The second kappa shape index (κ2) is 65.6. The van der Waals surface area contributed by atoms with E-state index in [1.54, 1.807) is 6.08 Å². The molecule has 9 heteroatoms. The van der Waals surface area contributed by atoms with Crippen LogP contribution in [0.2, 0.25) is 0 Å². The number of unbranched alkanes of at least 4 members (excludes halogenated alkanes) is 36. The normalized spacial score (nSPS) is 14.3. The van der Waals surface area contributed by atoms with E-state index < -0.39 is 26.6 Å². The fraction of sp³-hybridized carbons (Fsp3) is 0.750. The first-order valence-electron chi connectivity index (χ1n) is 35.7.